The van der Waals surface area contributed by atoms with E-state index in [4.69, 9.17) is 0 Å². The summed E-state index contributed by atoms with van der Waals surface area (Å²) in [5, 5.41) is 0. The summed E-state index contributed by atoms with van der Waals surface area (Å²) in [4.78, 5) is 22.4. The van der Waals surface area contributed by atoms with Gasteiger partial charge in [-0.3, -0.25) is 4.79 Å². The largest absolute Gasteiger partial charge is 0.303 e. The summed E-state index contributed by atoms with van der Waals surface area (Å²) in [6, 6.07) is 0. The number of fused-ring (bicyclic) bond motifs is 2. The average molecular weight is 180 g/mol. The number of Topliss-reactive ketones (excluding diaryl/α,β-unsaturated/α-hetero) is 1. The van der Waals surface area contributed by atoms with E-state index in [2.05, 4.69) is 13.8 Å². The molecule has 2 rings (SSSR count). The van der Waals surface area contributed by atoms with Gasteiger partial charge >= 0.3 is 0 Å². The molecule has 2 aliphatic carbocycles. The summed E-state index contributed by atoms with van der Waals surface area (Å²) in [5.41, 5.74) is -0.232. The molecule has 0 N–H and O–H groups in total. The van der Waals surface area contributed by atoms with Crippen molar-refractivity contribution in [1.82, 2.24) is 0 Å². The van der Waals surface area contributed by atoms with Crippen LogP contribution in [0.5, 0.6) is 0 Å². The molecule has 2 bridgehead atoms. The molecule has 2 aliphatic rings. The van der Waals surface area contributed by atoms with Gasteiger partial charge < -0.3 is 4.79 Å². The van der Waals surface area contributed by atoms with Crippen LogP contribution in [-0.2, 0) is 9.59 Å². The maximum atomic E-state index is 11.8. The molecule has 0 saturated heterocycles. The fourth-order valence-corrected chi connectivity index (χ4v) is 3.39. The van der Waals surface area contributed by atoms with Gasteiger partial charge in [0.1, 0.15) is 12.1 Å². The second kappa shape index (κ2) is 2.43. The van der Waals surface area contributed by atoms with Gasteiger partial charge in [0.2, 0.25) is 0 Å². The molecule has 0 amide bonds. The molecule has 2 unspecified atom stereocenters. The molecule has 0 radical (unpaired) electrons. The van der Waals surface area contributed by atoms with Crippen molar-refractivity contribution in [3.05, 3.63) is 0 Å². The molecule has 0 aromatic rings. The second-order valence-corrected chi connectivity index (χ2v) is 5.04. The number of hydrogen-bond acceptors (Lipinski definition) is 2. The first-order valence-electron chi connectivity index (χ1n) is 5.01. The van der Waals surface area contributed by atoms with Crippen LogP contribution < -0.4 is 0 Å². The van der Waals surface area contributed by atoms with E-state index in [-0.39, 0.29) is 10.8 Å². The molecular formula is C11H16O2. The van der Waals surface area contributed by atoms with E-state index in [0.717, 1.165) is 19.1 Å². The van der Waals surface area contributed by atoms with Crippen molar-refractivity contribution in [1.29, 1.82) is 0 Å². The molecule has 0 aromatic carbocycles. The van der Waals surface area contributed by atoms with E-state index in [0.29, 0.717) is 24.5 Å². The number of carbonyl (C=O) groups is 2. The maximum Gasteiger partial charge on any atom is 0.140 e. The Labute approximate surface area is 78.7 Å². The second-order valence-electron chi connectivity index (χ2n) is 5.04. The highest BCUT2D eigenvalue weighted by atomic mass is 16.1. The van der Waals surface area contributed by atoms with Crippen LogP contribution in [0.3, 0.4) is 0 Å². The van der Waals surface area contributed by atoms with Crippen LogP contribution >= 0.6 is 0 Å². The highest BCUT2D eigenvalue weighted by Crippen LogP contribution is 2.64. The quantitative estimate of drug-likeness (QED) is 0.609. The van der Waals surface area contributed by atoms with Crippen molar-refractivity contribution >= 4 is 12.1 Å². The first-order chi connectivity index (χ1) is 6.04. The first-order valence-corrected chi connectivity index (χ1v) is 5.01. The molecule has 2 heteroatoms. The first kappa shape index (κ1) is 8.92. The number of aldehydes is 1. The van der Waals surface area contributed by atoms with Gasteiger partial charge in [0.25, 0.3) is 0 Å². The molecule has 2 fully saturated rings. The van der Waals surface area contributed by atoms with E-state index >= 15 is 0 Å². The van der Waals surface area contributed by atoms with Gasteiger partial charge in [-0.15, -0.1) is 0 Å². The van der Waals surface area contributed by atoms with Crippen LogP contribution in [0.2, 0.25) is 0 Å². The summed E-state index contributed by atoms with van der Waals surface area (Å²) in [7, 11) is 0. The normalized spacial score (nSPS) is 41.1. The van der Waals surface area contributed by atoms with Gasteiger partial charge in [-0.25, -0.2) is 0 Å². The monoisotopic (exact) mass is 180 g/mol. The Hall–Kier alpha value is -0.660. The van der Waals surface area contributed by atoms with E-state index in [9.17, 15) is 9.59 Å². The van der Waals surface area contributed by atoms with E-state index < -0.39 is 0 Å². The number of hydrogen-bond donors (Lipinski definition) is 0. The van der Waals surface area contributed by atoms with Gasteiger partial charge in [0, 0.05) is 18.3 Å². The molecule has 0 heterocycles. The van der Waals surface area contributed by atoms with Crippen molar-refractivity contribution in [3.8, 4) is 0 Å². The van der Waals surface area contributed by atoms with Crippen molar-refractivity contribution in [2.75, 3.05) is 0 Å². The van der Waals surface area contributed by atoms with Gasteiger partial charge in [0.15, 0.2) is 0 Å². The lowest BCUT2D eigenvalue weighted by atomic mass is 9.67. The van der Waals surface area contributed by atoms with Crippen LogP contribution in [-0.4, -0.2) is 12.1 Å². The Morgan fingerprint density at radius 1 is 1.54 bits per heavy atom. The van der Waals surface area contributed by atoms with Gasteiger partial charge in [0.05, 0.1) is 0 Å². The standard InChI is InChI=1S/C11H16O2/c1-10(2)8-3-4-11(10,5-6-12)9(13)7-8/h6,8H,3-5,7H2,1-2H3. The lowest BCUT2D eigenvalue weighted by Crippen LogP contribution is -2.36. The fraction of sp³-hybridized carbons (Fsp3) is 0.818. The van der Waals surface area contributed by atoms with Gasteiger partial charge in [-0.1, -0.05) is 13.8 Å². The van der Waals surface area contributed by atoms with Gasteiger partial charge in [-0.2, -0.15) is 0 Å². The Kier molecular flexibility index (Phi) is 1.67. The minimum absolute atomic E-state index is 0.0605. The third-order valence-corrected chi connectivity index (χ3v) is 4.57. The number of rotatable bonds is 2. The molecule has 0 spiro atoms. The lowest BCUT2D eigenvalue weighted by Gasteiger charge is -2.34. The van der Waals surface area contributed by atoms with Crippen molar-refractivity contribution in [2.24, 2.45) is 16.7 Å². The predicted molar refractivity (Wildman–Crippen MR) is 49.2 cm³/mol. The third kappa shape index (κ3) is 0.839. The number of carbonyl (C=O) groups excluding carboxylic acids is 2. The Morgan fingerprint density at radius 3 is 2.62 bits per heavy atom. The molecule has 0 aromatic heterocycles. The highest BCUT2D eigenvalue weighted by molar-refractivity contribution is 5.91. The van der Waals surface area contributed by atoms with Gasteiger partial charge in [-0.05, 0) is 24.2 Å². The zero-order valence-corrected chi connectivity index (χ0v) is 8.30. The predicted octanol–water partition coefficient (Wildman–Crippen LogP) is 1.97. The van der Waals surface area contributed by atoms with E-state index in [1.807, 2.05) is 0 Å². The Bertz CT molecular complexity index is 267. The summed E-state index contributed by atoms with van der Waals surface area (Å²) in [5.74, 6) is 0.862. The molecular weight excluding hydrogens is 164 g/mol. The maximum absolute atomic E-state index is 11.8. The summed E-state index contributed by atoms with van der Waals surface area (Å²) >= 11 is 0. The molecule has 2 saturated carbocycles. The SMILES string of the molecule is CC1(C)C2CCC1(CC=O)C(=O)C2. The van der Waals surface area contributed by atoms with Crippen molar-refractivity contribution in [2.45, 2.75) is 39.5 Å². The molecule has 72 valence electrons. The van der Waals surface area contributed by atoms with E-state index in [1.165, 1.54) is 0 Å². The van der Waals surface area contributed by atoms with Crippen molar-refractivity contribution < 1.29 is 9.59 Å². The van der Waals surface area contributed by atoms with Crippen molar-refractivity contribution in [3.63, 3.8) is 0 Å². The van der Waals surface area contributed by atoms with Crippen LogP contribution in [0, 0.1) is 16.7 Å². The van der Waals surface area contributed by atoms with E-state index in [1.54, 1.807) is 0 Å². The minimum atomic E-state index is -0.292. The lowest BCUT2D eigenvalue weighted by molar-refractivity contribution is -0.132. The fourth-order valence-electron chi connectivity index (χ4n) is 3.39. The van der Waals surface area contributed by atoms with Crippen LogP contribution in [0.25, 0.3) is 0 Å². The summed E-state index contributed by atoms with van der Waals surface area (Å²) in [6.07, 6.45) is 4.14. The summed E-state index contributed by atoms with van der Waals surface area (Å²) < 4.78 is 0. The van der Waals surface area contributed by atoms with Crippen LogP contribution in [0.1, 0.15) is 39.5 Å². The topological polar surface area (TPSA) is 34.1 Å². The smallest absolute Gasteiger partial charge is 0.140 e. The zero-order chi connectivity index (χ0) is 9.69. The third-order valence-electron chi connectivity index (χ3n) is 4.57. The highest BCUT2D eigenvalue weighted by Gasteiger charge is 2.63. The molecule has 2 nitrogen and oxygen atoms in total. The molecule has 0 aliphatic heterocycles. The minimum Gasteiger partial charge on any atom is -0.303 e. The van der Waals surface area contributed by atoms with Crippen LogP contribution in [0.15, 0.2) is 0 Å². The molecule has 2 atom stereocenters. The molecule has 13 heavy (non-hydrogen) atoms. The van der Waals surface area contributed by atoms with Crippen LogP contribution in [0.4, 0.5) is 0 Å². The summed E-state index contributed by atoms with van der Waals surface area (Å²) in [6.45, 7) is 4.30. The average Bonchev–Trinajstić information content (AvgIpc) is 2.38. The Balaban J connectivity index is 2.42. The number of ketones is 1. The Morgan fingerprint density at radius 2 is 2.23 bits per heavy atom. The zero-order valence-electron chi connectivity index (χ0n) is 8.30.